The first-order valence-electron chi connectivity index (χ1n) is 1.77. The molecule has 0 spiro atoms. The third-order valence-corrected chi connectivity index (χ3v) is 3.48. The van der Waals surface area contributed by atoms with Crippen molar-refractivity contribution in [2.75, 3.05) is 6.61 Å². The fourth-order valence-electron chi connectivity index (χ4n) is 0.164. The van der Waals surface area contributed by atoms with Crippen LogP contribution < -0.4 is 0 Å². The number of hydrogen-bond donors (Lipinski definition) is 0. The van der Waals surface area contributed by atoms with Gasteiger partial charge in [-0.05, 0) is 6.92 Å². The van der Waals surface area contributed by atoms with Crippen molar-refractivity contribution < 1.29 is 4.43 Å². The van der Waals surface area contributed by atoms with E-state index in [2.05, 4.69) is 58.9 Å². The van der Waals surface area contributed by atoms with Crippen molar-refractivity contribution in [2.45, 2.75) is 6.92 Å². The van der Waals surface area contributed by atoms with Crippen LogP contribution in [0.25, 0.3) is 0 Å². The molecule has 0 aliphatic heterocycles. The molecule has 7 heavy (non-hydrogen) atoms. The summed E-state index contributed by atoms with van der Waals surface area (Å²) in [4.78, 5) is 0. The van der Waals surface area contributed by atoms with Crippen LogP contribution in [0.3, 0.4) is 0 Å². The molecule has 5 heteroatoms. The van der Waals surface area contributed by atoms with Crippen molar-refractivity contribution in [3.8, 4) is 0 Å². The van der Waals surface area contributed by atoms with Crippen molar-refractivity contribution in [1.29, 1.82) is 0 Å². The normalized spacial score (nSPS) is 12.0. The second kappa shape index (κ2) is 4.02. The first-order valence-corrected chi connectivity index (χ1v) is 12.2. The van der Waals surface area contributed by atoms with E-state index in [1.165, 1.54) is 0 Å². The van der Waals surface area contributed by atoms with Gasteiger partial charge in [0.1, 0.15) is 0 Å². The zero-order chi connectivity index (χ0) is 5.91. The van der Waals surface area contributed by atoms with Crippen LogP contribution in [0.4, 0.5) is 0 Å². The Balaban J connectivity index is 3.15. The Morgan fingerprint density at radius 2 is 2.14 bits per heavy atom. The summed E-state index contributed by atoms with van der Waals surface area (Å²) in [5.41, 5.74) is 0. The highest BCUT2D eigenvalue weighted by Gasteiger charge is 2.21. The summed E-state index contributed by atoms with van der Waals surface area (Å²) in [5.74, 6) is 0. The first kappa shape index (κ1) is 9.12. The molecule has 0 fully saturated rings. The molecule has 1 nitrogen and oxygen atoms in total. The Hall–Kier alpha value is 2.12. The Morgan fingerprint density at radius 3 is 2.14 bits per heavy atom. The van der Waals surface area contributed by atoms with Gasteiger partial charge in [0, 0.05) is 6.61 Å². The highest BCUT2D eigenvalue weighted by molar-refractivity contribution is 14.3. The van der Waals surface area contributed by atoms with Crippen molar-refractivity contribution in [1.82, 2.24) is 0 Å². The number of rotatable bonds is 2. The van der Waals surface area contributed by atoms with E-state index in [4.69, 9.17) is 4.43 Å². The quantitative estimate of drug-likeness (QED) is 0.389. The fraction of sp³-hybridized carbons (Fsp3) is 1.00. The maximum absolute atomic E-state index is 5.26. The Labute approximate surface area is 77.7 Å². The van der Waals surface area contributed by atoms with Gasteiger partial charge >= 0.3 is 1.93 Å². The SMILES string of the molecule is CCO[Si](Br)(I)I. The van der Waals surface area contributed by atoms with Gasteiger partial charge in [-0.25, -0.2) is 0 Å². The van der Waals surface area contributed by atoms with Gasteiger partial charge in [0.25, 0.3) is 0 Å². The molecule has 0 saturated carbocycles. The lowest BCUT2D eigenvalue weighted by Gasteiger charge is -2.06. The first-order chi connectivity index (χ1) is 3.06. The summed E-state index contributed by atoms with van der Waals surface area (Å²) < 4.78 is 3.85. The van der Waals surface area contributed by atoms with E-state index in [9.17, 15) is 0 Å². The highest BCUT2D eigenvalue weighted by atomic mass is 127. The van der Waals surface area contributed by atoms with Gasteiger partial charge in [-0.15, -0.1) is 0 Å². The third kappa shape index (κ3) is 8.12. The van der Waals surface area contributed by atoms with Crippen LogP contribution in [0.15, 0.2) is 0 Å². The predicted molar refractivity (Wildman–Crippen MR) is 54.3 cm³/mol. The van der Waals surface area contributed by atoms with Gasteiger partial charge in [-0.1, -0.05) is 58.9 Å². The highest BCUT2D eigenvalue weighted by Crippen LogP contribution is 2.29. The number of hydrogen-bond acceptors (Lipinski definition) is 1. The van der Waals surface area contributed by atoms with Crippen LogP contribution in [0.2, 0.25) is 0 Å². The summed E-state index contributed by atoms with van der Waals surface area (Å²) in [6.45, 7) is 2.81. The maximum Gasteiger partial charge on any atom is 0.397 e. The van der Waals surface area contributed by atoms with Crippen LogP contribution >= 0.6 is 58.9 Å². The summed E-state index contributed by atoms with van der Waals surface area (Å²) in [7, 11) is 0. The fourth-order valence-corrected chi connectivity index (χ4v) is 3.05. The lowest BCUT2D eigenvalue weighted by atomic mass is 10.9. The predicted octanol–water partition coefficient (Wildman–Crippen LogP) is 2.72. The number of halogens is 3. The van der Waals surface area contributed by atoms with Crippen molar-refractivity contribution in [3.63, 3.8) is 0 Å². The minimum absolute atomic E-state index is 0.809. The summed E-state index contributed by atoms with van der Waals surface area (Å²) in [5, 5.41) is 0. The van der Waals surface area contributed by atoms with Gasteiger partial charge in [0.05, 0.1) is 0 Å². The second-order valence-electron chi connectivity index (χ2n) is 0.879. The lowest BCUT2D eigenvalue weighted by molar-refractivity contribution is 0.369. The second-order valence-corrected chi connectivity index (χ2v) is 29.6. The molecule has 0 N–H and O–H groups in total. The van der Waals surface area contributed by atoms with Gasteiger partial charge in [0.2, 0.25) is 0 Å². The van der Waals surface area contributed by atoms with E-state index in [-0.39, 0.29) is 0 Å². The third-order valence-electron chi connectivity index (χ3n) is 0.308. The average molecular weight is 407 g/mol. The summed E-state index contributed by atoms with van der Waals surface area (Å²) >= 11 is 8.02. The zero-order valence-corrected chi connectivity index (χ0v) is 10.7. The summed E-state index contributed by atoms with van der Waals surface area (Å²) in [6.07, 6.45) is 0. The van der Waals surface area contributed by atoms with Crippen molar-refractivity contribution in [3.05, 3.63) is 0 Å². The largest absolute Gasteiger partial charge is 0.397 e. The Kier molecular flexibility index (Phi) is 5.23. The monoisotopic (exact) mass is 406 g/mol. The van der Waals surface area contributed by atoms with Crippen LogP contribution in [-0.2, 0) is 4.43 Å². The van der Waals surface area contributed by atoms with Crippen molar-refractivity contribution in [2.24, 2.45) is 0 Å². The average Bonchev–Trinajstić information content (AvgIpc) is 1.30. The van der Waals surface area contributed by atoms with Gasteiger partial charge in [-0.3, -0.25) is 0 Å². The standard InChI is InChI=1S/C2H5BrI2OSi/c1-2-6-7(3,4)5/h2H2,1H3. The van der Waals surface area contributed by atoms with Crippen LogP contribution in [0.1, 0.15) is 6.92 Å². The van der Waals surface area contributed by atoms with Gasteiger partial charge in [0.15, 0.2) is 0 Å². The minimum atomic E-state index is -1.40. The van der Waals surface area contributed by atoms with Crippen molar-refractivity contribution >= 4 is 60.8 Å². The van der Waals surface area contributed by atoms with Crippen LogP contribution in [0, 0.1) is 0 Å². The smallest absolute Gasteiger partial charge is 0.392 e. The molecule has 0 aliphatic carbocycles. The molecule has 0 radical (unpaired) electrons. The van der Waals surface area contributed by atoms with Crippen LogP contribution in [0.5, 0.6) is 0 Å². The minimum Gasteiger partial charge on any atom is -0.392 e. The molecule has 0 rings (SSSR count). The molecular weight excluding hydrogens is 402 g/mol. The van der Waals surface area contributed by atoms with E-state index in [1.807, 2.05) is 6.92 Å². The molecule has 0 atom stereocenters. The molecule has 0 saturated heterocycles. The molecule has 0 amide bonds. The molecule has 0 aromatic rings. The summed E-state index contributed by atoms with van der Waals surface area (Å²) in [6, 6.07) is 0. The van der Waals surface area contributed by atoms with E-state index in [0.717, 1.165) is 6.61 Å². The molecule has 0 aliphatic rings. The van der Waals surface area contributed by atoms with E-state index >= 15 is 0 Å². The van der Waals surface area contributed by atoms with E-state index < -0.39 is 1.93 Å². The molecule has 0 bridgehead atoms. The lowest BCUT2D eigenvalue weighted by Crippen LogP contribution is -2.11. The molecule has 0 unspecified atom stereocenters. The maximum atomic E-state index is 5.26. The molecular formula is C2H5BrI2OSi. The van der Waals surface area contributed by atoms with Gasteiger partial charge in [-0.2, -0.15) is 0 Å². The van der Waals surface area contributed by atoms with Gasteiger partial charge < -0.3 is 4.43 Å². The van der Waals surface area contributed by atoms with E-state index in [0.29, 0.717) is 0 Å². The Bertz CT molecular complexity index is 54.1. The van der Waals surface area contributed by atoms with Crippen LogP contribution in [-0.4, -0.2) is 8.54 Å². The molecule has 0 aromatic carbocycles. The topological polar surface area (TPSA) is 9.23 Å². The molecule has 44 valence electrons. The van der Waals surface area contributed by atoms with E-state index in [1.54, 1.807) is 0 Å². The Morgan fingerprint density at radius 1 is 1.71 bits per heavy atom. The zero-order valence-electron chi connectivity index (χ0n) is 3.75. The molecule has 0 heterocycles. The molecule has 0 aromatic heterocycles.